The standard InChI is InChI=1S/C21H24FN3OS/c1-14-6-11-18-19(15(14)2)23-21(27-18)25(13-5-12-24(3)4)20(26)16-7-9-17(22)10-8-16/h6-11H,5,12-13H2,1-4H3. The minimum absolute atomic E-state index is 0.151. The molecule has 0 saturated heterocycles. The Morgan fingerprint density at radius 3 is 2.44 bits per heavy atom. The summed E-state index contributed by atoms with van der Waals surface area (Å²) < 4.78 is 14.3. The van der Waals surface area contributed by atoms with Crippen LogP contribution in [0, 0.1) is 19.7 Å². The highest BCUT2D eigenvalue weighted by molar-refractivity contribution is 7.22. The van der Waals surface area contributed by atoms with Crippen molar-refractivity contribution >= 4 is 32.6 Å². The minimum atomic E-state index is -0.350. The molecule has 0 radical (unpaired) electrons. The maximum absolute atomic E-state index is 13.2. The topological polar surface area (TPSA) is 36.4 Å². The molecule has 0 aliphatic heterocycles. The Morgan fingerprint density at radius 1 is 1.07 bits per heavy atom. The maximum Gasteiger partial charge on any atom is 0.260 e. The summed E-state index contributed by atoms with van der Waals surface area (Å²) >= 11 is 1.52. The van der Waals surface area contributed by atoms with E-state index in [9.17, 15) is 9.18 Å². The van der Waals surface area contributed by atoms with Crippen LogP contribution in [0.4, 0.5) is 9.52 Å². The van der Waals surface area contributed by atoms with Crippen LogP contribution in [0.1, 0.15) is 27.9 Å². The summed E-state index contributed by atoms with van der Waals surface area (Å²) in [6.07, 6.45) is 0.827. The lowest BCUT2D eigenvalue weighted by molar-refractivity contribution is 0.0986. The van der Waals surface area contributed by atoms with Crippen molar-refractivity contribution in [3.05, 3.63) is 58.9 Å². The van der Waals surface area contributed by atoms with E-state index in [2.05, 4.69) is 30.9 Å². The first-order valence-corrected chi connectivity index (χ1v) is 9.77. The lowest BCUT2D eigenvalue weighted by Gasteiger charge is -2.21. The van der Waals surface area contributed by atoms with Gasteiger partial charge in [-0.25, -0.2) is 9.37 Å². The Morgan fingerprint density at radius 2 is 1.78 bits per heavy atom. The van der Waals surface area contributed by atoms with Gasteiger partial charge in [0.15, 0.2) is 5.13 Å². The first kappa shape index (κ1) is 19.5. The van der Waals surface area contributed by atoms with E-state index >= 15 is 0 Å². The highest BCUT2D eigenvalue weighted by Gasteiger charge is 2.22. The third-order valence-electron chi connectivity index (χ3n) is 4.63. The van der Waals surface area contributed by atoms with Crippen LogP contribution in [0.15, 0.2) is 36.4 Å². The predicted octanol–water partition coefficient (Wildman–Crippen LogP) is 4.65. The van der Waals surface area contributed by atoms with Gasteiger partial charge in [-0.05, 0) is 82.4 Å². The number of carbonyl (C=O) groups excluding carboxylic acids is 1. The number of anilines is 1. The van der Waals surface area contributed by atoms with Gasteiger partial charge in [0.2, 0.25) is 0 Å². The van der Waals surface area contributed by atoms with Gasteiger partial charge in [-0.1, -0.05) is 17.4 Å². The molecule has 0 unspecified atom stereocenters. The van der Waals surface area contributed by atoms with E-state index in [1.165, 1.54) is 41.2 Å². The third kappa shape index (κ3) is 4.34. The molecular formula is C21H24FN3OS. The van der Waals surface area contributed by atoms with Crippen molar-refractivity contribution in [3.8, 4) is 0 Å². The average molecular weight is 386 g/mol. The number of halogens is 1. The second kappa shape index (κ2) is 8.15. The van der Waals surface area contributed by atoms with Crippen LogP contribution in [0.5, 0.6) is 0 Å². The predicted molar refractivity (Wildman–Crippen MR) is 110 cm³/mol. The lowest BCUT2D eigenvalue weighted by atomic mass is 10.1. The second-order valence-electron chi connectivity index (χ2n) is 6.97. The van der Waals surface area contributed by atoms with Crippen LogP contribution in [-0.4, -0.2) is 43.0 Å². The van der Waals surface area contributed by atoms with E-state index in [0.717, 1.165) is 28.7 Å². The summed E-state index contributed by atoms with van der Waals surface area (Å²) in [7, 11) is 4.02. The van der Waals surface area contributed by atoms with Crippen molar-refractivity contribution in [1.29, 1.82) is 0 Å². The number of fused-ring (bicyclic) bond motifs is 1. The van der Waals surface area contributed by atoms with Gasteiger partial charge in [0, 0.05) is 12.1 Å². The molecule has 4 nitrogen and oxygen atoms in total. The number of thiazole rings is 1. The van der Waals surface area contributed by atoms with Gasteiger partial charge < -0.3 is 4.90 Å². The number of rotatable bonds is 6. The molecule has 1 aromatic heterocycles. The Hall–Kier alpha value is -2.31. The number of aromatic nitrogens is 1. The van der Waals surface area contributed by atoms with E-state index in [4.69, 9.17) is 4.98 Å². The Balaban J connectivity index is 1.97. The summed E-state index contributed by atoms with van der Waals surface area (Å²) in [5.74, 6) is -0.501. The van der Waals surface area contributed by atoms with Gasteiger partial charge in [0.1, 0.15) is 5.82 Å². The van der Waals surface area contributed by atoms with Gasteiger partial charge in [-0.15, -0.1) is 0 Å². The van der Waals surface area contributed by atoms with Gasteiger partial charge >= 0.3 is 0 Å². The molecule has 2 aromatic carbocycles. The summed E-state index contributed by atoms with van der Waals surface area (Å²) in [6.45, 7) is 5.55. The molecule has 0 fully saturated rings. The summed E-state index contributed by atoms with van der Waals surface area (Å²) in [4.78, 5) is 21.7. The third-order valence-corrected chi connectivity index (χ3v) is 5.67. The molecule has 0 atom stereocenters. The first-order chi connectivity index (χ1) is 12.9. The van der Waals surface area contributed by atoms with E-state index in [-0.39, 0.29) is 11.7 Å². The number of aryl methyl sites for hydroxylation is 2. The molecule has 1 amide bonds. The van der Waals surface area contributed by atoms with Crippen molar-refractivity contribution in [2.24, 2.45) is 0 Å². The van der Waals surface area contributed by atoms with Gasteiger partial charge in [-0.3, -0.25) is 9.69 Å². The highest BCUT2D eigenvalue weighted by Crippen LogP contribution is 2.32. The molecule has 0 saturated carbocycles. The normalized spacial score (nSPS) is 11.3. The van der Waals surface area contributed by atoms with Crippen molar-refractivity contribution in [2.75, 3.05) is 32.1 Å². The van der Waals surface area contributed by atoms with E-state index in [1.54, 1.807) is 4.90 Å². The van der Waals surface area contributed by atoms with Gasteiger partial charge in [-0.2, -0.15) is 0 Å². The molecular weight excluding hydrogens is 361 g/mol. The van der Waals surface area contributed by atoms with Gasteiger partial charge in [0.05, 0.1) is 10.2 Å². The zero-order chi connectivity index (χ0) is 19.6. The zero-order valence-corrected chi connectivity index (χ0v) is 16.9. The molecule has 0 aliphatic carbocycles. The second-order valence-corrected chi connectivity index (χ2v) is 7.98. The minimum Gasteiger partial charge on any atom is -0.309 e. The van der Waals surface area contributed by atoms with Crippen LogP contribution < -0.4 is 4.90 Å². The molecule has 1 heterocycles. The van der Waals surface area contributed by atoms with Crippen molar-refractivity contribution in [3.63, 3.8) is 0 Å². The van der Waals surface area contributed by atoms with E-state index in [1.807, 2.05) is 14.1 Å². The number of hydrogen-bond acceptors (Lipinski definition) is 4. The Kier molecular flexibility index (Phi) is 5.87. The quantitative estimate of drug-likeness (QED) is 0.620. The first-order valence-electron chi connectivity index (χ1n) is 8.95. The van der Waals surface area contributed by atoms with Crippen molar-refractivity contribution < 1.29 is 9.18 Å². The number of amides is 1. The maximum atomic E-state index is 13.2. The molecule has 0 aliphatic rings. The average Bonchev–Trinajstić information content (AvgIpc) is 3.06. The number of hydrogen-bond donors (Lipinski definition) is 0. The summed E-state index contributed by atoms with van der Waals surface area (Å²) in [5, 5.41) is 0.687. The number of carbonyl (C=O) groups is 1. The molecule has 3 rings (SSSR count). The monoisotopic (exact) mass is 385 g/mol. The summed E-state index contributed by atoms with van der Waals surface area (Å²) in [6, 6.07) is 9.82. The molecule has 0 spiro atoms. The fourth-order valence-electron chi connectivity index (χ4n) is 2.91. The van der Waals surface area contributed by atoms with E-state index < -0.39 is 0 Å². The summed E-state index contributed by atoms with van der Waals surface area (Å²) in [5.41, 5.74) is 3.73. The Labute approximate surface area is 163 Å². The van der Waals surface area contributed by atoms with E-state index in [0.29, 0.717) is 17.2 Å². The largest absolute Gasteiger partial charge is 0.309 e. The molecule has 0 N–H and O–H groups in total. The molecule has 3 aromatic rings. The van der Waals surface area contributed by atoms with Gasteiger partial charge in [0.25, 0.3) is 5.91 Å². The highest BCUT2D eigenvalue weighted by atomic mass is 32.1. The molecule has 6 heteroatoms. The SMILES string of the molecule is Cc1ccc2sc(N(CCCN(C)C)C(=O)c3ccc(F)cc3)nc2c1C. The van der Waals surface area contributed by atoms with Crippen molar-refractivity contribution in [2.45, 2.75) is 20.3 Å². The zero-order valence-electron chi connectivity index (χ0n) is 16.1. The van der Waals surface area contributed by atoms with Crippen LogP contribution in [0.25, 0.3) is 10.2 Å². The number of benzene rings is 2. The Bertz CT molecular complexity index is 950. The van der Waals surface area contributed by atoms with Crippen LogP contribution in [0.3, 0.4) is 0 Å². The molecule has 142 valence electrons. The van der Waals surface area contributed by atoms with Crippen LogP contribution in [-0.2, 0) is 0 Å². The fourth-order valence-corrected chi connectivity index (χ4v) is 3.96. The smallest absolute Gasteiger partial charge is 0.260 e. The lowest BCUT2D eigenvalue weighted by Crippen LogP contribution is -2.33. The fraction of sp³-hybridized carbons (Fsp3) is 0.333. The van der Waals surface area contributed by atoms with Crippen molar-refractivity contribution in [1.82, 2.24) is 9.88 Å². The molecule has 0 bridgehead atoms. The van der Waals surface area contributed by atoms with Crippen LogP contribution >= 0.6 is 11.3 Å². The number of nitrogens with zero attached hydrogens (tertiary/aromatic N) is 3. The van der Waals surface area contributed by atoms with Crippen LogP contribution in [0.2, 0.25) is 0 Å². The molecule has 27 heavy (non-hydrogen) atoms.